The van der Waals surface area contributed by atoms with Gasteiger partial charge in [0.05, 0.1) is 11.7 Å². The molecule has 232 valence electrons. The minimum atomic E-state index is 0.231. The molecule has 0 N–H and O–H groups in total. The summed E-state index contributed by atoms with van der Waals surface area (Å²) in [6.45, 7) is 3.95. The van der Waals surface area contributed by atoms with Crippen LogP contribution in [0.4, 0.5) is 22.7 Å². The van der Waals surface area contributed by atoms with Gasteiger partial charge in [-0.25, -0.2) is 0 Å². The lowest BCUT2D eigenvalue weighted by molar-refractivity contribution is 0.610. The molecule has 0 heterocycles. The van der Waals surface area contributed by atoms with Crippen molar-refractivity contribution in [3.05, 3.63) is 199 Å². The van der Waals surface area contributed by atoms with E-state index in [2.05, 4.69) is 192 Å². The Bertz CT molecular complexity index is 2130. The molecule has 2 heteroatoms. The van der Waals surface area contributed by atoms with Crippen molar-refractivity contribution >= 4 is 39.6 Å². The Balaban J connectivity index is 1.13. The average molecular weight is 619 g/mol. The third kappa shape index (κ3) is 5.67. The molecule has 3 aliphatic carbocycles. The lowest BCUT2D eigenvalue weighted by atomic mass is 9.82. The summed E-state index contributed by atoms with van der Waals surface area (Å²) in [6.07, 6.45) is 26.5. The van der Waals surface area contributed by atoms with Gasteiger partial charge in [0.15, 0.2) is 0 Å². The first-order valence-electron chi connectivity index (χ1n) is 16.9. The minimum Gasteiger partial charge on any atom is -0.337 e. The highest BCUT2D eigenvalue weighted by atomic mass is 15.2. The summed E-state index contributed by atoms with van der Waals surface area (Å²) < 4.78 is 0. The van der Waals surface area contributed by atoms with Gasteiger partial charge >= 0.3 is 0 Å². The number of anilines is 4. The lowest BCUT2D eigenvalue weighted by Gasteiger charge is -2.40. The van der Waals surface area contributed by atoms with Crippen molar-refractivity contribution in [3.8, 4) is 11.1 Å². The molecule has 5 aromatic rings. The Labute approximate surface area is 284 Å². The maximum atomic E-state index is 3.95. The smallest absolute Gasteiger partial charge is 0.0625 e. The molecule has 0 bridgehead atoms. The van der Waals surface area contributed by atoms with Gasteiger partial charge in [-0.15, -0.1) is 0 Å². The summed E-state index contributed by atoms with van der Waals surface area (Å²) in [7, 11) is 0. The molecule has 0 aromatic heterocycles. The van der Waals surface area contributed by atoms with Crippen molar-refractivity contribution in [3.63, 3.8) is 0 Å². The van der Waals surface area contributed by atoms with Gasteiger partial charge in [0.25, 0.3) is 0 Å². The average Bonchev–Trinajstić information content (AvgIpc) is 3.16. The van der Waals surface area contributed by atoms with E-state index in [0.717, 1.165) is 35.5 Å². The minimum absolute atomic E-state index is 0.231. The van der Waals surface area contributed by atoms with E-state index in [9.17, 15) is 0 Å². The molecule has 3 aliphatic rings. The molecule has 2 unspecified atom stereocenters. The highest BCUT2D eigenvalue weighted by Gasteiger charge is 2.30. The molecule has 0 radical (unpaired) electrons. The van der Waals surface area contributed by atoms with Crippen LogP contribution in [0.1, 0.15) is 18.4 Å². The fourth-order valence-corrected chi connectivity index (χ4v) is 7.22. The Morgan fingerprint density at radius 2 is 1.33 bits per heavy atom. The first-order valence-corrected chi connectivity index (χ1v) is 16.9. The molecule has 2 atom stereocenters. The summed E-state index contributed by atoms with van der Waals surface area (Å²) in [6, 6.07) is 42.0. The summed E-state index contributed by atoms with van der Waals surface area (Å²) in [5.41, 5.74) is 10.8. The van der Waals surface area contributed by atoms with Gasteiger partial charge in [0, 0.05) is 34.1 Å². The van der Waals surface area contributed by atoms with Crippen LogP contribution in [0.25, 0.3) is 28.0 Å². The molecule has 0 saturated heterocycles. The van der Waals surface area contributed by atoms with Crippen LogP contribution in [0, 0.1) is 5.92 Å². The monoisotopic (exact) mass is 618 g/mol. The first-order chi connectivity index (χ1) is 23.8. The first kappa shape index (κ1) is 29.5. The zero-order chi connectivity index (χ0) is 32.3. The second-order valence-electron chi connectivity index (χ2n) is 12.5. The highest BCUT2D eigenvalue weighted by molar-refractivity contribution is 5.99. The summed E-state index contributed by atoms with van der Waals surface area (Å²) in [4.78, 5) is 4.90. The van der Waals surface area contributed by atoms with Gasteiger partial charge < -0.3 is 9.80 Å². The quantitative estimate of drug-likeness (QED) is 0.171. The Kier molecular flexibility index (Phi) is 8.06. The number of hydrogen-bond donors (Lipinski definition) is 0. The summed E-state index contributed by atoms with van der Waals surface area (Å²) >= 11 is 0. The van der Waals surface area contributed by atoms with E-state index in [1.54, 1.807) is 0 Å². The number of allylic oxidation sites excluding steroid dienone is 9. The second kappa shape index (κ2) is 13.1. The highest BCUT2D eigenvalue weighted by Crippen LogP contribution is 2.41. The van der Waals surface area contributed by atoms with Crippen molar-refractivity contribution in [2.24, 2.45) is 5.92 Å². The molecular formula is C46H38N2. The SMILES string of the molecule is C=Cc1ccc(N(c2ccc(-c3ccc(N(C4=CC=CCC4)C4C=CC=C5C=CC=CC54)cc3)cc2)c2cccc3ccccc23)cc1. The lowest BCUT2D eigenvalue weighted by Crippen LogP contribution is -2.40. The van der Waals surface area contributed by atoms with Crippen LogP contribution < -0.4 is 9.80 Å². The molecule has 2 nitrogen and oxygen atoms in total. The molecule has 0 fully saturated rings. The predicted molar refractivity (Wildman–Crippen MR) is 206 cm³/mol. The van der Waals surface area contributed by atoms with E-state index >= 15 is 0 Å². The van der Waals surface area contributed by atoms with Crippen LogP contribution in [0.5, 0.6) is 0 Å². The van der Waals surface area contributed by atoms with Gasteiger partial charge in [-0.3, -0.25) is 0 Å². The maximum Gasteiger partial charge on any atom is 0.0625 e. The second-order valence-corrected chi connectivity index (χ2v) is 12.5. The number of benzene rings is 5. The van der Waals surface area contributed by atoms with E-state index in [0.29, 0.717) is 5.92 Å². The fraction of sp³-hybridized carbons (Fsp3) is 0.0870. The fourth-order valence-electron chi connectivity index (χ4n) is 7.22. The van der Waals surface area contributed by atoms with Crippen LogP contribution in [0.3, 0.4) is 0 Å². The molecule has 0 amide bonds. The third-order valence-electron chi connectivity index (χ3n) is 9.67. The number of fused-ring (bicyclic) bond motifs is 2. The van der Waals surface area contributed by atoms with E-state index in [-0.39, 0.29) is 6.04 Å². The van der Waals surface area contributed by atoms with Gasteiger partial charge in [-0.1, -0.05) is 140 Å². The van der Waals surface area contributed by atoms with Gasteiger partial charge in [-0.2, -0.15) is 0 Å². The molecule has 48 heavy (non-hydrogen) atoms. The Hall–Kier alpha value is -5.86. The molecule has 5 aromatic carbocycles. The van der Waals surface area contributed by atoms with Crippen LogP contribution >= 0.6 is 0 Å². The number of rotatable bonds is 8. The Morgan fingerprint density at radius 3 is 2.06 bits per heavy atom. The van der Waals surface area contributed by atoms with Gasteiger partial charge in [0.1, 0.15) is 0 Å². The Morgan fingerprint density at radius 1 is 0.625 bits per heavy atom. The zero-order valence-electron chi connectivity index (χ0n) is 27.0. The van der Waals surface area contributed by atoms with Crippen molar-refractivity contribution in [1.82, 2.24) is 0 Å². The van der Waals surface area contributed by atoms with Crippen molar-refractivity contribution in [1.29, 1.82) is 0 Å². The molecule has 8 rings (SSSR count). The van der Waals surface area contributed by atoms with Crippen LogP contribution in [-0.2, 0) is 0 Å². The van der Waals surface area contributed by atoms with Crippen LogP contribution in [0.2, 0.25) is 0 Å². The molecule has 0 aliphatic heterocycles. The number of nitrogens with zero attached hydrogens (tertiary/aromatic N) is 2. The standard InChI is InChI=1S/C46H38N2/c1-2-34-22-28-40(29-23-34)48(46-21-11-15-38-13-7-9-19-44(38)46)42-32-26-36(27-33-42)35-24-30-41(31-25-35)47(39-16-4-3-5-17-39)45-20-10-14-37-12-6-8-18-43(37)45/h2-4,6-16,18-33,43,45H,1,5,17H2. The van der Waals surface area contributed by atoms with Crippen LogP contribution in [-0.4, -0.2) is 6.04 Å². The summed E-state index contributed by atoms with van der Waals surface area (Å²) in [5.74, 6) is 0.330. The van der Waals surface area contributed by atoms with E-state index in [1.807, 2.05) is 6.08 Å². The normalized spacial score (nSPS) is 17.8. The van der Waals surface area contributed by atoms with E-state index in [4.69, 9.17) is 0 Å². The van der Waals surface area contributed by atoms with Gasteiger partial charge in [0.2, 0.25) is 0 Å². The third-order valence-corrected chi connectivity index (χ3v) is 9.67. The summed E-state index contributed by atoms with van der Waals surface area (Å²) in [5, 5.41) is 2.44. The topological polar surface area (TPSA) is 6.48 Å². The maximum absolute atomic E-state index is 3.95. The van der Waals surface area contributed by atoms with Crippen LogP contribution in [0.15, 0.2) is 194 Å². The predicted octanol–water partition coefficient (Wildman–Crippen LogP) is 12.3. The largest absolute Gasteiger partial charge is 0.337 e. The van der Waals surface area contributed by atoms with Gasteiger partial charge in [-0.05, 0) is 89.0 Å². The zero-order valence-corrected chi connectivity index (χ0v) is 27.0. The van der Waals surface area contributed by atoms with Crippen molar-refractivity contribution < 1.29 is 0 Å². The van der Waals surface area contributed by atoms with E-state index in [1.165, 1.54) is 38.9 Å². The molecular weight excluding hydrogens is 581 g/mol. The van der Waals surface area contributed by atoms with Crippen molar-refractivity contribution in [2.75, 3.05) is 9.80 Å². The number of hydrogen-bond acceptors (Lipinski definition) is 2. The van der Waals surface area contributed by atoms with Crippen molar-refractivity contribution in [2.45, 2.75) is 18.9 Å². The molecule has 0 saturated carbocycles. The molecule has 0 spiro atoms. The van der Waals surface area contributed by atoms with E-state index < -0.39 is 0 Å².